The molecule has 2 rings (SSSR count). The minimum Gasteiger partial charge on any atom is -0.496 e. The molecule has 0 radical (unpaired) electrons. The first-order valence-corrected chi connectivity index (χ1v) is 7.68. The first-order valence-electron chi connectivity index (χ1n) is 6.88. The Bertz CT molecular complexity index is 484. The van der Waals surface area contributed by atoms with E-state index in [4.69, 9.17) is 9.47 Å². The van der Waals surface area contributed by atoms with Gasteiger partial charge in [0.1, 0.15) is 17.1 Å². The summed E-state index contributed by atoms with van der Waals surface area (Å²) in [5, 5.41) is 3.09. The van der Waals surface area contributed by atoms with Gasteiger partial charge in [-0.05, 0) is 40.9 Å². The van der Waals surface area contributed by atoms with Crippen LogP contribution in [0.1, 0.15) is 42.5 Å². The van der Waals surface area contributed by atoms with Crippen LogP contribution in [-0.4, -0.2) is 26.2 Å². The molecular weight excluding hydrogens is 322 g/mol. The standard InChI is InChI=1S/C15H20BrNO3/c1-19-12-9-8-11(16)14(20-2)13(12)15(18)17-10-6-4-3-5-7-10/h8-10H,3-7H2,1-2H3,(H,17,18). The molecule has 5 heteroatoms. The Morgan fingerprint density at radius 1 is 1.20 bits per heavy atom. The lowest BCUT2D eigenvalue weighted by molar-refractivity contribution is 0.0921. The van der Waals surface area contributed by atoms with E-state index in [9.17, 15) is 4.79 Å². The van der Waals surface area contributed by atoms with Gasteiger partial charge in [-0.3, -0.25) is 4.79 Å². The molecule has 1 N–H and O–H groups in total. The van der Waals surface area contributed by atoms with Crippen LogP contribution in [0.25, 0.3) is 0 Å². The van der Waals surface area contributed by atoms with Gasteiger partial charge in [0.2, 0.25) is 0 Å². The highest BCUT2D eigenvalue weighted by molar-refractivity contribution is 9.10. The van der Waals surface area contributed by atoms with Crippen LogP contribution >= 0.6 is 15.9 Å². The molecule has 0 heterocycles. The molecular formula is C15H20BrNO3. The number of ether oxygens (including phenoxy) is 2. The molecule has 4 nitrogen and oxygen atoms in total. The summed E-state index contributed by atoms with van der Waals surface area (Å²) in [5.41, 5.74) is 0.454. The Kier molecular flexibility index (Phi) is 5.29. The van der Waals surface area contributed by atoms with E-state index in [1.807, 2.05) is 6.07 Å². The summed E-state index contributed by atoms with van der Waals surface area (Å²) in [4.78, 5) is 12.5. The number of amides is 1. The molecule has 0 atom stereocenters. The van der Waals surface area contributed by atoms with Crippen LogP contribution in [0.4, 0.5) is 0 Å². The van der Waals surface area contributed by atoms with Crippen molar-refractivity contribution in [3.05, 3.63) is 22.2 Å². The zero-order chi connectivity index (χ0) is 14.5. The minimum absolute atomic E-state index is 0.132. The molecule has 1 saturated carbocycles. The van der Waals surface area contributed by atoms with Crippen LogP contribution in [0, 0.1) is 0 Å². The van der Waals surface area contributed by atoms with E-state index in [1.165, 1.54) is 19.3 Å². The van der Waals surface area contributed by atoms with Crippen LogP contribution in [0.2, 0.25) is 0 Å². The lowest BCUT2D eigenvalue weighted by Crippen LogP contribution is -2.36. The first kappa shape index (κ1) is 15.2. The highest BCUT2D eigenvalue weighted by atomic mass is 79.9. The smallest absolute Gasteiger partial charge is 0.259 e. The van der Waals surface area contributed by atoms with Crippen LogP contribution < -0.4 is 14.8 Å². The predicted octanol–water partition coefficient (Wildman–Crippen LogP) is 3.53. The number of halogens is 1. The minimum atomic E-state index is -0.132. The molecule has 0 aliphatic heterocycles. The number of hydrogen-bond donors (Lipinski definition) is 1. The SMILES string of the molecule is COc1ccc(Br)c(OC)c1C(=O)NC1CCCCC1. The number of methoxy groups -OCH3 is 2. The molecule has 20 heavy (non-hydrogen) atoms. The number of hydrogen-bond acceptors (Lipinski definition) is 3. The molecule has 110 valence electrons. The van der Waals surface area contributed by atoms with E-state index < -0.39 is 0 Å². The summed E-state index contributed by atoms with van der Waals surface area (Å²) < 4.78 is 11.4. The molecule has 1 fully saturated rings. The number of carbonyl (C=O) groups excluding carboxylic acids is 1. The Labute approximate surface area is 128 Å². The summed E-state index contributed by atoms with van der Waals surface area (Å²) in [7, 11) is 3.11. The number of carbonyl (C=O) groups is 1. The fourth-order valence-electron chi connectivity index (χ4n) is 2.63. The van der Waals surface area contributed by atoms with E-state index in [0.717, 1.165) is 17.3 Å². The summed E-state index contributed by atoms with van der Waals surface area (Å²) >= 11 is 3.40. The van der Waals surface area contributed by atoms with Crippen molar-refractivity contribution >= 4 is 21.8 Å². The molecule has 0 unspecified atom stereocenters. The average molecular weight is 342 g/mol. The third-order valence-corrected chi connectivity index (χ3v) is 4.29. The second-order valence-corrected chi connectivity index (χ2v) is 5.82. The fourth-order valence-corrected chi connectivity index (χ4v) is 3.12. The lowest BCUT2D eigenvalue weighted by atomic mass is 9.95. The normalized spacial score (nSPS) is 15.8. The molecule has 0 saturated heterocycles. The molecule has 1 aromatic rings. The average Bonchev–Trinajstić information content (AvgIpc) is 2.47. The van der Waals surface area contributed by atoms with Gasteiger partial charge in [-0.15, -0.1) is 0 Å². The van der Waals surface area contributed by atoms with Gasteiger partial charge in [0.25, 0.3) is 5.91 Å². The molecule has 0 bridgehead atoms. The summed E-state index contributed by atoms with van der Waals surface area (Å²) in [6, 6.07) is 3.84. The third-order valence-electron chi connectivity index (χ3n) is 3.66. The van der Waals surface area contributed by atoms with Gasteiger partial charge in [-0.2, -0.15) is 0 Å². The lowest BCUT2D eigenvalue weighted by Gasteiger charge is -2.24. The first-order chi connectivity index (χ1) is 9.67. The second kappa shape index (κ2) is 6.97. The van der Waals surface area contributed by atoms with Gasteiger partial charge >= 0.3 is 0 Å². The summed E-state index contributed by atoms with van der Waals surface area (Å²) in [6.45, 7) is 0. The van der Waals surface area contributed by atoms with E-state index in [1.54, 1.807) is 20.3 Å². The van der Waals surface area contributed by atoms with Gasteiger partial charge < -0.3 is 14.8 Å². The van der Waals surface area contributed by atoms with E-state index in [-0.39, 0.29) is 11.9 Å². The Morgan fingerprint density at radius 3 is 2.50 bits per heavy atom. The summed E-state index contributed by atoms with van der Waals surface area (Å²) in [5.74, 6) is 0.905. The number of benzene rings is 1. The van der Waals surface area contributed by atoms with Gasteiger partial charge in [0.15, 0.2) is 0 Å². The van der Waals surface area contributed by atoms with Gasteiger partial charge in [-0.1, -0.05) is 19.3 Å². The zero-order valence-electron chi connectivity index (χ0n) is 11.9. The molecule has 1 amide bonds. The molecule has 0 aromatic heterocycles. The Balaban J connectivity index is 2.25. The van der Waals surface area contributed by atoms with Crippen molar-refractivity contribution in [1.29, 1.82) is 0 Å². The van der Waals surface area contributed by atoms with Crippen molar-refractivity contribution in [3.63, 3.8) is 0 Å². The Morgan fingerprint density at radius 2 is 1.90 bits per heavy atom. The van der Waals surface area contributed by atoms with Crippen molar-refractivity contribution in [2.24, 2.45) is 0 Å². The molecule has 1 aliphatic carbocycles. The largest absolute Gasteiger partial charge is 0.496 e. The second-order valence-electron chi connectivity index (χ2n) is 4.97. The number of nitrogens with one attached hydrogen (secondary N) is 1. The highest BCUT2D eigenvalue weighted by Crippen LogP contribution is 2.35. The van der Waals surface area contributed by atoms with Gasteiger partial charge in [0.05, 0.1) is 18.7 Å². The van der Waals surface area contributed by atoms with Crippen LogP contribution in [-0.2, 0) is 0 Å². The van der Waals surface area contributed by atoms with Crippen molar-refractivity contribution in [2.75, 3.05) is 14.2 Å². The molecule has 0 spiro atoms. The van der Waals surface area contributed by atoms with E-state index in [2.05, 4.69) is 21.2 Å². The van der Waals surface area contributed by atoms with Gasteiger partial charge in [-0.25, -0.2) is 0 Å². The van der Waals surface area contributed by atoms with Crippen molar-refractivity contribution in [1.82, 2.24) is 5.32 Å². The van der Waals surface area contributed by atoms with Crippen molar-refractivity contribution in [3.8, 4) is 11.5 Å². The number of rotatable bonds is 4. The topological polar surface area (TPSA) is 47.6 Å². The Hall–Kier alpha value is -1.23. The predicted molar refractivity (Wildman–Crippen MR) is 81.6 cm³/mol. The van der Waals surface area contributed by atoms with Gasteiger partial charge in [0, 0.05) is 6.04 Å². The summed E-state index contributed by atoms with van der Waals surface area (Å²) in [6.07, 6.45) is 5.71. The molecule has 1 aromatic carbocycles. The third kappa shape index (κ3) is 3.26. The van der Waals surface area contributed by atoms with Crippen molar-refractivity contribution < 1.29 is 14.3 Å². The maximum Gasteiger partial charge on any atom is 0.259 e. The van der Waals surface area contributed by atoms with Crippen LogP contribution in [0.15, 0.2) is 16.6 Å². The van der Waals surface area contributed by atoms with E-state index in [0.29, 0.717) is 17.1 Å². The monoisotopic (exact) mass is 341 g/mol. The highest BCUT2D eigenvalue weighted by Gasteiger charge is 2.24. The maximum atomic E-state index is 12.5. The molecule has 1 aliphatic rings. The fraction of sp³-hybridized carbons (Fsp3) is 0.533. The van der Waals surface area contributed by atoms with E-state index >= 15 is 0 Å². The van der Waals surface area contributed by atoms with Crippen LogP contribution in [0.5, 0.6) is 11.5 Å². The van der Waals surface area contributed by atoms with Crippen LogP contribution in [0.3, 0.4) is 0 Å². The zero-order valence-corrected chi connectivity index (χ0v) is 13.5. The maximum absolute atomic E-state index is 12.5. The quantitative estimate of drug-likeness (QED) is 0.911. The van der Waals surface area contributed by atoms with Crippen molar-refractivity contribution in [2.45, 2.75) is 38.1 Å².